The molecular formula is C25H33N3O3S2. The lowest BCUT2D eigenvalue weighted by Gasteiger charge is -2.21. The second-order valence-corrected chi connectivity index (χ2v) is 12.0. The van der Waals surface area contributed by atoms with E-state index in [1.807, 2.05) is 21.0 Å². The van der Waals surface area contributed by atoms with Crippen molar-refractivity contribution in [2.45, 2.75) is 44.9 Å². The van der Waals surface area contributed by atoms with Crippen LogP contribution < -0.4 is 4.90 Å². The van der Waals surface area contributed by atoms with Crippen molar-refractivity contribution in [2.24, 2.45) is 0 Å². The van der Waals surface area contributed by atoms with Crippen molar-refractivity contribution in [3.8, 4) is 0 Å². The van der Waals surface area contributed by atoms with Gasteiger partial charge in [0.15, 0.2) is 15.0 Å². The highest BCUT2D eigenvalue weighted by Crippen LogP contribution is 2.31. The van der Waals surface area contributed by atoms with Gasteiger partial charge in [0.05, 0.1) is 20.9 Å². The highest BCUT2D eigenvalue weighted by atomic mass is 32.2. The van der Waals surface area contributed by atoms with Gasteiger partial charge in [-0.15, -0.1) is 0 Å². The number of hydrogen-bond acceptors (Lipinski definition) is 6. The molecule has 0 aliphatic heterocycles. The summed E-state index contributed by atoms with van der Waals surface area (Å²) >= 11 is 1.51. The summed E-state index contributed by atoms with van der Waals surface area (Å²) in [6.45, 7) is 7.46. The van der Waals surface area contributed by atoms with E-state index in [0.717, 1.165) is 28.7 Å². The SMILES string of the molecule is Cc1ccc(S(=O)(=O)CCCC(=O)N(CCCN(C)C)c2nc3cc(C)c(C)cc3s2)cc1. The van der Waals surface area contributed by atoms with Crippen LogP contribution in [0.25, 0.3) is 10.2 Å². The molecule has 0 fully saturated rings. The van der Waals surface area contributed by atoms with Crippen LogP contribution in [0.2, 0.25) is 0 Å². The van der Waals surface area contributed by atoms with E-state index in [0.29, 0.717) is 16.6 Å². The summed E-state index contributed by atoms with van der Waals surface area (Å²) in [5.74, 6) is -0.133. The number of sulfone groups is 1. The zero-order valence-corrected chi connectivity index (χ0v) is 21.7. The molecule has 178 valence electrons. The molecule has 0 aliphatic rings. The molecule has 3 rings (SSSR count). The molecule has 0 saturated heterocycles. The number of aryl methyl sites for hydroxylation is 3. The first-order valence-electron chi connectivity index (χ1n) is 11.2. The molecule has 2 aromatic carbocycles. The van der Waals surface area contributed by atoms with E-state index >= 15 is 0 Å². The summed E-state index contributed by atoms with van der Waals surface area (Å²) < 4.78 is 26.4. The summed E-state index contributed by atoms with van der Waals surface area (Å²) in [5, 5.41) is 0.681. The van der Waals surface area contributed by atoms with E-state index in [1.165, 1.54) is 22.5 Å². The molecule has 1 aromatic heterocycles. The van der Waals surface area contributed by atoms with Crippen molar-refractivity contribution < 1.29 is 13.2 Å². The quantitative estimate of drug-likeness (QED) is 0.412. The third kappa shape index (κ3) is 6.62. The lowest BCUT2D eigenvalue weighted by molar-refractivity contribution is -0.118. The summed E-state index contributed by atoms with van der Waals surface area (Å²) in [4.78, 5) is 22.0. The van der Waals surface area contributed by atoms with E-state index in [4.69, 9.17) is 4.98 Å². The highest BCUT2D eigenvalue weighted by Gasteiger charge is 2.21. The molecule has 3 aromatic rings. The molecule has 8 heteroatoms. The van der Waals surface area contributed by atoms with Crippen molar-refractivity contribution in [3.05, 3.63) is 53.1 Å². The Labute approximate surface area is 201 Å². The fourth-order valence-corrected chi connectivity index (χ4v) is 5.97. The number of rotatable bonds is 10. The Bertz CT molecular complexity index is 1180. The Hall–Kier alpha value is -2.29. The Morgan fingerprint density at radius 3 is 2.30 bits per heavy atom. The van der Waals surface area contributed by atoms with Crippen LogP contribution in [0.15, 0.2) is 41.3 Å². The number of carbonyl (C=O) groups excluding carboxylic acids is 1. The minimum atomic E-state index is -3.41. The second-order valence-electron chi connectivity index (χ2n) is 8.84. The van der Waals surface area contributed by atoms with Crippen molar-refractivity contribution >= 4 is 42.4 Å². The van der Waals surface area contributed by atoms with Crippen LogP contribution in [0, 0.1) is 20.8 Å². The van der Waals surface area contributed by atoms with Gasteiger partial charge < -0.3 is 4.90 Å². The van der Waals surface area contributed by atoms with E-state index < -0.39 is 9.84 Å². The van der Waals surface area contributed by atoms with Gasteiger partial charge in [0.25, 0.3) is 0 Å². The number of amides is 1. The monoisotopic (exact) mass is 487 g/mol. The van der Waals surface area contributed by atoms with Crippen LogP contribution in [0.3, 0.4) is 0 Å². The highest BCUT2D eigenvalue weighted by molar-refractivity contribution is 7.91. The van der Waals surface area contributed by atoms with Gasteiger partial charge >= 0.3 is 0 Å². The molecule has 0 N–H and O–H groups in total. The molecule has 1 heterocycles. The van der Waals surface area contributed by atoms with Gasteiger partial charge in [0.1, 0.15) is 0 Å². The predicted octanol–water partition coefficient (Wildman–Crippen LogP) is 4.76. The topological polar surface area (TPSA) is 70.6 Å². The number of thiazole rings is 1. The van der Waals surface area contributed by atoms with Crippen LogP contribution in [-0.4, -0.2) is 57.1 Å². The molecule has 0 saturated carbocycles. The lowest BCUT2D eigenvalue weighted by atomic mass is 10.1. The van der Waals surface area contributed by atoms with Crippen molar-refractivity contribution in [3.63, 3.8) is 0 Å². The summed E-state index contributed by atoms with van der Waals surface area (Å²) in [6, 6.07) is 11.0. The zero-order chi connectivity index (χ0) is 24.2. The molecule has 6 nitrogen and oxygen atoms in total. The molecule has 0 aliphatic carbocycles. The molecule has 0 atom stereocenters. The van der Waals surface area contributed by atoms with Gasteiger partial charge in [0, 0.05) is 13.0 Å². The van der Waals surface area contributed by atoms with E-state index in [1.54, 1.807) is 29.2 Å². The van der Waals surface area contributed by atoms with Crippen LogP contribution in [0.5, 0.6) is 0 Å². The Balaban J connectivity index is 1.73. The number of fused-ring (bicyclic) bond motifs is 1. The van der Waals surface area contributed by atoms with E-state index in [-0.39, 0.29) is 24.5 Å². The molecule has 0 radical (unpaired) electrons. The average Bonchev–Trinajstić information content (AvgIpc) is 3.13. The Morgan fingerprint density at radius 2 is 1.64 bits per heavy atom. The number of anilines is 1. The largest absolute Gasteiger partial charge is 0.309 e. The molecule has 0 unspecified atom stereocenters. The van der Waals surface area contributed by atoms with Crippen molar-refractivity contribution in [1.82, 2.24) is 9.88 Å². The first kappa shape index (κ1) is 25.3. The fraction of sp³-hybridized carbons (Fsp3) is 0.440. The normalized spacial score (nSPS) is 11.9. The summed E-state index contributed by atoms with van der Waals surface area (Å²) in [5.41, 5.74) is 4.28. The third-order valence-corrected chi connectivity index (χ3v) is 8.55. The maximum atomic E-state index is 13.2. The first-order valence-corrected chi connectivity index (χ1v) is 13.7. The Morgan fingerprint density at radius 1 is 0.970 bits per heavy atom. The number of benzene rings is 2. The van der Waals surface area contributed by atoms with Gasteiger partial charge in [-0.3, -0.25) is 9.69 Å². The Kier molecular flexibility index (Phi) is 8.26. The summed E-state index contributed by atoms with van der Waals surface area (Å²) in [7, 11) is 0.599. The van der Waals surface area contributed by atoms with Gasteiger partial charge in [-0.2, -0.15) is 0 Å². The van der Waals surface area contributed by atoms with E-state index in [9.17, 15) is 13.2 Å². The van der Waals surface area contributed by atoms with Gasteiger partial charge in [-0.25, -0.2) is 13.4 Å². The van der Waals surface area contributed by atoms with Crippen molar-refractivity contribution in [2.75, 3.05) is 37.8 Å². The van der Waals surface area contributed by atoms with E-state index in [2.05, 4.69) is 30.9 Å². The van der Waals surface area contributed by atoms with Gasteiger partial charge in [0.2, 0.25) is 5.91 Å². The molecular weight excluding hydrogens is 454 g/mol. The number of hydrogen-bond donors (Lipinski definition) is 0. The van der Waals surface area contributed by atoms with Gasteiger partial charge in [-0.1, -0.05) is 29.0 Å². The molecule has 0 spiro atoms. The van der Waals surface area contributed by atoms with Crippen LogP contribution in [0.4, 0.5) is 5.13 Å². The first-order chi connectivity index (χ1) is 15.6. The number of nitrogens with zero attached hydrogens (tertiary/aromatic N) is 3. The zero-order valence-electron chi connectivity index (χ0n) is 20.1. The minimum absolute atomic E-state index is 0.0500. The number of carbonyl (C=O) groups is 1. The number of aromatic nitrogens is 1. The fourth-order valence-electron chi connectivity index (χ4n) is 3.57. The van der Waals surface area contributed by atoms with Crippen LogP contribution in [-0.2, 0) is 14.6 Å². The molecule has 1 amide bonds. The van der Waals surface area contributed by atoms with Crippen LogP contribution in [0.1, 0.15) is 36.0 Å². The molecule has 33 heavy (non-hydrogen) atoms. The molecule has 0 bridgehead atoms. The smallest absolute Gasteiger partial charge is 0.228 e. The predicted molar refractivity (Wildman–Crippen MR) is 137 cm³/mol. The minimum Gasteiger partial charge on any atom is -0.309 e. The second kappa shape index (κ2) is 10.8. The lowest BCUT2D eigenvalue weighted by Crippen LogP contribution is -2.33. The average molecular weight is 488 g/mol. The standard InChI is InChI=1S/C25H33N3O3S2/c1-18-9-11-21(12-10-18)33(30,31)15-6-8-24(29)28(14-7-13-27(4)5)25-26-22-16-19(2)20(3)17-23(22)32-25/h9-12,16-17H,6-8,13-15H2,1-5H3. The van der Waals surface area contributed by atoms with Gasteiger partial charge in [-0.05, 0) is 89.6 Å². The third-order valence-electron chi connectivity index (χ3n) is 5.70. The van der Waals surface area contributed by atoms with Crippen LogP contribution >= 0.6 is 11.3 Å². The van der Waals surface area contributed by atoms with Crippen molar-refractivity contribution in [1.29, 1.82) is 0 Å². The summed E-state index contributed by atoms with van der Waals surface area (Å²) in [6.07, 6.45) is 1.26. The maximum Gasteiger partial charge on any atom is 0.228 e. The maximum absolute atomic E-state index is 13.2.